The summed E-state index contributed by atoms with van der Waals surface area (Å²) in [5.41, 5.74) is -1.13. The lowest BCUT2D eigenvalue weighted by Gasteiger charge is -2.21. The molecule has 0 saturated heterocycles. The minimum Gasteiger partial charge on any atom is -0.375 e. The standard InChI is InChI=1S/C16H10BrCl2NO3/c17-9-3-1-2-8(4-9)13(21)7-16(23)14-11(19)5-10(18)6-12(14)20-15(16)22/h1-6,23H,7H2,(H,20,22). The second-order valence-electron chi connectivity index (χ2n) is 5.23. The fourth-order valence-corrected chi connectivity index (χ4v) is 3.65. The Morgan fingerprint density at radius 2 is 2.00 bits per heavy atom. The average Bonchev–Trinajstić information content (AvgIpc) is 2.69. The van der Waals surface area contributed by atoms with Crippen LogP contribution in [0.15, 0.2) is 40.9 Å². The molecule has 0 spiro atoms. The second kappa shape index (κ2) is 5.91. The first-order chi connectivity index (χ1) is 10.8. The number of benzene rings is 2. The molecule has 1 amide bonds. The summed E-state index contributed by atoms with van der Waals surface area (Å²) in [5.74, 6) is -1.07. The third-order valence-corrected chi connectivity index (χ3v) is 4.66. The summed E-state index contributed by atoms with van der Waals surface area (Å²) in [6.07, 6.45) is -0.413. The molecule has 23 heavy (non-hydrogen) atoms. The quantitative estimate of drug-likeness (QED) is 0.740. The topological polar surface area (TPSA) is 66.4 Å². The minimum atomic E-state index is -2.02. The third-order valence-electron chi connectivity index (χ3n) is 3.66. The van der Waals surface area contributed by atoms with Gasteiger partial charge in [0.25, 0.3) is 5.91 Å². The Hall–Kier alpha value is -1.40. The number of fused-ring (bicyclic) bond motifs is 1. The van der Waals surface area contributed by atoms with Crippen LogP contribution in [0.4, 0.5) is 5.69 Å². The van der Waals surface area contributed by atoms with Gasteiger partial charge < -0.3 is 10.4 Å². The number of hydrogen-bond donors (Lipinski definition) is 2. The number of Topliss-reactive ketones (excluding diaryl/α,β-unsaturated/α-hetero) is 1. The zero-order valence-corrected chi connectivity index (χ0v) is 14.7. The molecular formula is C16H10BrCl2NO3. The fourth-order valence-electron chi connectivity index (χ4n) is 2.60. The van der Waals surface area contributed by atoms with Gasteiger partial charge in [-0.05, 0) is 24.3 Å². The minimum absolute atomic E-state index is 0.135. The fraction of sp³-hybridized carbons (Fsp3) is 0.125. The molecule has 2 N–H and O–H groups in total. The van der Waals surface area contributed by atoms with E-state index >= 15 is 0 Å². The molecule has 0 saturated carbocycles. The lowest BCUT2D eigenvalue weighted by Crippen LogP contribution is -2.36. The summed E-state index contributed by atoms with van der Waals surface area (Å²) >= 11 is 15.3. The molecular weight excluding hydrogens is 405 g/mol. The van der Waals surface area contributed by atoms with Crippen LogP contribution in [-0.4, -0.2) is 16.8 Å². The Labute approximate surface area is 150 Å². The highest BCUT2D eigenvalue weighted by molar-refractivity contribution is 9.10. The van der Waals surface area contributed by atoms with Gasteiger partial charge >= 0.3 is 0 Å². The van der Waals surface area contributed by atoms with E-state index in [0.29, 0.717) is 16.3 Å². The molecule has 2 aromatic carbocycles. The lowest BCUT2D eigenvalue weighted by atomic mass is 9.88. The number of amides is 1. The molecule has 3 rings (SSSR count). The molecule has 1 atom stereocenters. The molecule has 0 radical (unpaired) electrons. The van der Waals surface area contributed by atoms with E-state index in [9.17, 15) is 14.7 Å². The molecule has 0 aliphatic carbocycles. The van der Waals surface area contributed by atoms with E-state index in [1.807, 2.05) is 0 Å². The Morgan fingerprint density at radius 3 is 2.70 bits per heavy atom. The van der Waals surface area contributed by atoms with Crippen LogP contribution in [0.25, 0.3) is 0 Å². The Bertz CT molecular complexity index is 840. The molecule has 1 heterocycles. The van der Waals surface area contributed by atoms with Gasteiger partial charge in [0, 0.05) is 20.6 Å². The first-order valence-corrected chi connectivity index (χ1v) is 8.18. The highest BCUT2D eigenvalue weighted by atomic mass is 79.9. The number of carbonyl (C=O) groups is 2. The third kappa shape index (κ3) is 2.90. The van der Waals surface area contributed by atoms with E-state index in [1.165, 1.54) is 12.1 Å². The van der Waals surface area contributed by atoms with Gasteiger partial charge in [0.15, 0.2) is 11.4 Å². The molecule has 0 aromatic heterocycles. The van der Waals surface area contributed by atoms with Crippen LogP contribution in [0.1, 0.15) is 22.3 Å². The van der Waals surface area contributed by atoms with Crippen molar-refractivity contribution >= 4 is 56.5 Å². The second-order valence-corrected chi connectivity index (χ2v) is 6.99. The summed E-state index contributed by atoms with van der Waals surface area (Å²) < 4.78 is 0.733. The molecule has 2 aromatic rings. The van der Waals surface area contributed by atoms with Crippen LogP contribution in [0.5, 0.6) is 0 Å². The SMILES string of the molecule is O=C(CC1(O)C(=O)Nc2cc(Cl)cc(Cl)c21)c1cccc(Br)c1. The van der Waals surface area contributed by atoms with Crippen LogP contribution in [0.2, 0.25) is 10.0 Å². The Kier molecular flexibility index (Phi) is 4.23. The van der Waals surface area contributed by atoms with E-state index in [4.69, 9.17) is 23.2 Å². The van der Waals surface area contributed by atoms with Gasteiger partial charge in [0.05, 0.1) is 17.1 Å². The van der Waals surface area contributed by atoms with Crippen molar-refractivity contribution in [3.05, 3.63) is 62.0 Å². The molecule has 7 heteroatoms. The van der Waals surface area contributed by atoms with Gasteiger partial charge in [-0.1, -0.05) is 51.3 Å². The zero-order chi connectivity index (χ0) is 16.8. The lowest BCUT2D eigenvalue weighted by molar-refractivity contribution is -0.133. The van der Waals surface area contributed by atoms with Crippen molar-refractivity contribution in [1.29, 1.82) is 0 Å². The smallest absolute Gasteiger partial charge is 0.261 e. The molecule has 1 unspecified atom stereocenters. The molecule has 118 valence electrons. The van der Waals surface area contributed by atoms with Gasteiger partial charge in [-0.15, -0.1) is 0 Å². The van der Waals surface area contributed by atoms with Gasteiger partial charge in [0.1, 0.15) is 0 Å². The Morgan fingerprint density at radius 1 is 1.26 bits per heavy atom. The van der Waals surface area contributed by atoms with Gasteiger partial charge in [-0.3, -0.25) is 9.59 Å². The van der Waals surface area contributed by atoms with Gasteiger partial charge in [-0.25, -0.2) is 0 Å². The number of aliphatic hydroxyl groups is 1. The van der Waals surface area contributed by atoms with E-state index in [2.05, 4.69) is 21.2 Å². The summed E-state index contributed by atoms with van der Waals surface area (Å²) in [6, 6.07) is 9.65. The van der Waals surface area contributed by atoms with Crippen LogP contribution in [-0.2, 0) is 10.4 Å². The number of carbonyl (C=O) groups excluding carboxylic acids is 2. The molecule has 0 bridgehead atoms. The van der Waals surface area contributed by atoms with Crippen molar-refractivity contribution < 1.29 is 14.7 Å². The maximum absolute atomic E-state index is 12.5. The summed E-state index contributed by atoms with van der Waals surface area (Å²) in [5, 5.41) is 13.8. The molecule has 1 aliphatic heterocycles. The average molecular weight is 415 g/mol. The van der Waals surface area contributed by atoms with Crippen molar-refractivity contribution in [2.24, 2.45) is 0 Å². The highest BCUT2D eigenvalue weighted by Gasteiger charge is 2.48. The highest BCUT2D eigenvalue weighted by Crippen LogP contribution is 2.44. The van der Waals surface area contributed by atoms with E-state index in [-0.39, 0.29) is 16.4 Å². The number of nitrogens with one attached hydrogen (secondary N) is 1. The first kappa shape index (κ1) is 16.5. The number of anilines is 1. The predicted molar refractivity (Wildman–Crippen MR) is 92.1 cm³/mol. The first-order valence-electron chi connectivity index (χ1n) is 6.63. The van der Waals surface area contributed by atoms with Crippen LogP contribution in [0, 0.1) is 0 Å². The van der Waals surface area contributed by atoms with Gasteiger partial charge in [0.2, 0.25) is 0 Å². The Balaban J connectivity index is 2.00. The normalized spacial score (nSPS) is 19.4. The number of hydrogen-bond acceptors (Lipinski definition) is 3. The van der Waals surface area contributed by atoms with Crippen LogP contribution >= 0.6 is 39.1 Å². The number of ketones is 1. The maximum atomic E-state index is 12.5. The predicted octanol–water partition coefficient (Wildman–Crippen LogP) is 4.17. The summed E-state index contributed by atoms with van der Waals surface area (Å²) in [7, 11) is 0. The maximum Gasteiger partial charge on any atom is 0.261 e. The van der Waals surface area contributed by atoms with E-state index in [1.54, 1.807) is 24.3 Å². The zero-order valence-electron chi connectivity index (χ0n) is 11.6. The van der Waals surface area contributed by atoms with Crippen molar-refractivity contribution in [3.8, 4) is 0 Å². The number of halogens is 3. The molecule has 0 fully saturated rings. The van der Waals surface area contributed by atoms with Crippen molar-refractivity contribution in [3.63, 3.8) is 0 Å². The molecule has 4 nitrogen and oxygen atoms in total. The van der Waals surface area contributed by atoms with Crippen molar-refractivity contribution in [2.45, 2.75) is 12.0 Å². The monoisotopic (exact) mass is 413 g/mol. The van der Waals surface area contributed by atoms with E-state index in [0.717, 1.165) is 4.47 Å². The van der Waals surface area contributed by atoms with E-state index < -0.39 is 17.9 Å². The van der Waals surface area contributed by atoms with Gasteiger partial charge in [-0.2, -0.15) is 0 Å². The van der Waals surface area contributed by atoms with Crippen LogP contribution in [0.3, 0.4) is 0 Å². The van der Waals surface area contributed by atoms with Crippen LogP contribution < -0.4 is 5.32 Å². The molecule has 1 aliphatic rings. The number of rotatable bonds is 3. The largest absolute Gasteiger partial charge is 0.375 e. The van der Waals surface area contributed by atoms with Crippen molar-refractivity contribution in [2.75, 3.05) is 5.32 Å². The summed E-state index contributed by atoms with van der Waals surface area (Å²) in [4.78, 5) is 24.7. The van der Waals surface area contributed by atoms with Crippen molar-refractivity contribution in [1.82, 2.24) is 0 Å². The summed E-state index contributed by atoms with van der Waals surface area (Å²) in [6.45, 7) is 0.